The van der Waals surface area contributed by atoms with Gasteiger partial charge in [0, 0.05) is 47.6 Å². The zero-order valence-corrected chi connectivity index (χ0v) is 25.9. The van der Waals surface area contributed by atoms with Gasteiger partial charge in [0.25, 0.3) is 5.91 Å². The third-order valence-corrected chi connectivity index (χ3v) is 8.67. The highest BCUT2D eigenvalue weighted by Gasteiger charge is 2.34. The van der Waals surface area contributed by atoms with Crippen molar-refractivity contribution < 1.29 is 23.5 Å². The van der Waals surface area contributed by atoms with Crippen molar-refractivity contribution in [1.82, 2.24) is 19.7 Å². The van der Waals surface area contributed by atoms with Crippen LogP contribution < -0.4 is 20.5 Å². The number of halogens is 2. The Morgan fingerprint density at radius 3 is 2.70 bits per heavy atom. The summed E-state index contributed by atoms with van der Waals surface area (Å²) in [5.74, 6) is 1.18. The molecule has 1 aromatic carbocycles. The zero-order chi connectivity index (χ0) is 31.4. The van der Waals surface area contributed by atoms with Crippen LogP contribution in [-0.2, 0) is 11.2 Å². The molecule has 232 valence electrons. The fourth-order valence-corrected chi connectivity index (χ4v) is 5.96. The topological polar surface area (TPSA) is 121 Å². The maximum absolute atomic E-state index is 14.4. The molecule has 11 heteroatoms. The predicted octanol–water partition coefficient (Wildman–Crippen LogP) is 6.06. The molecule has 6 rings (SSSR count). The Bertz CT molecular complexity index is 1670. The fraction of sp³-hybridized carbons (Fsp3) is 0.394. The molecule has 44 heavy (non-hydrogen) atoms. The molecule has 1 fully saturated rings. The van der Waals surface area contributed by atoms with Crippen LogP contribution in [0.1, 0.15) is 78.7 Å². The lowest BCUT2D eigenvalue weighted by atomic mass is 9.74. The van der Waals surface area contributed by atoms with Crippen LogP contribution >= 0.6 is 11.6 Å². The number of pyridine rings is 2. The number of benzene rings is 1. The molecule has 1 aliphatic heterocycles. The predicted molar refractivity (Wildman–Crippen MR) is 167 cm³/mol. The smallest absolute Gasteiger partial charge is 0.252 e. The summed E-state index contributed by atoms with van der Waals surface area (Å²) in [5, 5.41) is 3.24. The van der Waals surface area contributed by atoms with Gasteiger partial charge in [-0.25, -0.2) is 14.4 Å². The van der Waals surface area contributed by atoms with Gasteiger partial charge in [-0.1, -0.05) is 44.4 Å². The highest BCUT2D eigenvalue weighted by molar-refractivity contribution is 6.30. The SMILES string of the molecule is CCCc1cn2cc(C(=O)NCC(c3cc4c(c(-c5ccc(Cl)c(F)c5)n3)OCC4C)C3CCC3)cc(OC)c2n1.NC=O. The maximum Gasteiger partial charge on any atom is 0.252 e. The Labute approximate surface area is 260 Å². The normalized spacial score (nSPS) is 16.2. The Morgan fingerprint density at radius 2 is 2.05 bits per heavy atom. The van der Waals surface area contributed by atoms with Crippen LogP contribution in [-0.4, -0.2) is 46.9 Å². The number of methoxy groups -OCH3 is 1. The van der Waals surface area contributed by atoms with Gasteiger partial charge in [-0.15, -0.1) is 0 Å². The first-order valence-electron chi connectivity index (χ1n) is 14.9. The second-order valence-corrected chi connectivity index (χ2v) is 11.7. The Kier molecular flexibility index (Phi) is 9.68. The van der Waals surface area contributed by atoms with E-state index in [4.69, 9.17) is 30.9 Å². The van der Waals surface area contributed by atoms with E-state index in [1.165, 1.54) is 6.07 Å². The molecule has 2 amide bonds. The number of carbonyl (C=O) groups is 2. The molecule has 1 saturated carbocycles. The van der Waals surface area contributed by atoms with Crippen LogP contribution in [0.5, 0.6) is 11.5 Å². The number of amides is 2. The van der Waals surface area contributed by atoms with Gasteiger partial charge in [-0.05, 0) is 49.4 Å². The summed E-state index contributed by atoms with van der Waals surface area (Å²) in [7, 11) is 1.59. The summed E-state index contributed by atoms with van der Waals surface area (Å²) < 4.78 is 27.9. The third kappa shape index (κ3) is 6.36. The largest absolute Gasteiger partial charge is 0.493 e. The number of aromatic nitrogens is 3. The molecule has 1 aliphatic carbocycles. The summed E-state index contributed by atoms with van der Waals surface area (Å²) in [6.07, 6.45) is 9.15. The first-order chi connectivity index (χ1) is 21.3. The van der Waals surface area contributed by atoms with E-state index < -0.39 is 5.82 Å². The molecule has 0 spiro atoms. The Balaban J connectivity index is 0.00000123. The standard InChI is InChI=1S/C32H34ClFN4O3.CH3NO/c1-4-6-22-16-38-15-21(12-28(40-3)31(38)36-22)32(39)35-14-24(19-7-5-8-19)27-13-23-18(2)17-41-30(23)29(37-27)20-9-10-25(33)26(34)11-20;2-1-3/h9-13,15-16,18-19,24H,4-8,14,17H2,1-3H3,(H,35,39);1H,(H2,2,3). The zero-order valence-electron chi connectivity index (χ0n) is 25.1. The molecule has 0 bridgehead atoms. The molecular formula is C33H37ClFN5O4. The minimum atomic E-state index is -0.494. The summed E-state index contributed by atoms with van der Waals surface area (Å²) in [4.78, 5) is 31.7. The van der Waals surface area contributed by atoms with Crippen molar-refractivity contribution >= 4 is 29.6 Å². The van der Waals surface area contributed by atoms with Crippen LogP contribution in [0.4, 0.5) is 4.39 Å². The number of aryl methyl sites for hydroxylation is 1. The highest BCUT2D eigenvalue weighted by atomic mass is 35.5. The molecule has 0 radical (unpaired) electrons. The van der Waals surface area contributed by atoms with Crippen molar-refractivity contribution in [2.45, 2.75) is 57.8 Å². The molecule has 2 aliphatic rings. The maximum atomic E-state index is 14.4. The van der Waals surface area contributed by atoms with E-state index in [-0.39, 0.29) is 29.2 Å². The van der Waals surface area contributed by atoms with Crippen LogP contribution in [0.2, 0.25) is 5.02 Å². The monoisotopic (exact) mass is 621 g/mol. The van der Waals surface area contributed by atoms with Crippen LogP contribution in [0.3, 0.4) is 0 Å². The van der Waals surface area contributed by atoms with E-state index in [1.54, 1.807) is 31.5 Å². The van der Waals surface area contributed by atoms with Crippen molar-refractivity contribution in [3.8, 4) is 22.8 Å². The van der Waals surface area contributed by atoms with Crippen LogP contribution in [0.25, 0.3) is 16.9 Å². The first-order valence-corrected chi connectivity index (χ1v) is 15.3. The number of ether oxygens (including phenoxy) is 2. The summed E-state index contributed by atoms with van der Waals surface area (Å²) >= 11 is 5.97. The molecule has 3 aromatic heterocycles. The molecule has 4 heterocycles. The quantitative estimate of drug-likeness (QED) is 0.219. The van der Waals surface area contributed by atoms with Crippen molar-refractivity contribution in [3.05, 3.63) is 76.1 Å². The summed E-state index contributed by atoms with van der Waals surface area (Å²) in [5.41, 5.74) is 9.53. The van der Waals surface area contributed by atoms with Crippen molar-refractivity contribution in [1.29, 1.82) is 0 Å². The molecular weight excluding hydrogens is 585 g/mol. The third-order valence-electron chi connectivity index (χ3n) is 8.36. The summed E-state index contributed by atoms with van der Waals surface area (Å²) in [6, 6.07) is 8.59. The lowest BCUT2D eigenvalue weighted by Gasteiger charge is -2.34. The second-order valence-electron chi connectivity index (χ2n) is 11.3. The van der Waals surface area contributed by atoms with Gasteiger partial charge in [0.1, 0.15) is 17.3 Å². The van der Waals surface area contributed by atoms with Gasteiger partial charge in [0.15, 0.2) is 11.4 Å². The van der Waals surface area contributed by atoms with Crippen molar-refractivity contribution in [3.63, 3.8) is 0 Å². The van der Waals surface area contributed by atoms with Crippen LogP contribution in [0.15, 0.2) is 42.7 Å². The van der Waals surface area contributed by atoms with Gasteiger partial charge >= 0.3 is 0 Å². The number of nitrogens with two attached hydrogens (primary N) is 1. The number of nitrogens with zero attached hydrogens (tertiary/aromatic N) is 3. The van der Waals surface area contributed by atoms with E-state index in [1.807, 2.05) is 10.6 Å². The van der Waals surface area contributed by atoms with E-state index >= 15 is 0 Å². The minimum absolute atomic E-state index is 0.0109. The van der Waals surface area contributed by atoms with Gasteiger partial charge in [0.2, 0.25) is 6.41 Å². The van der Waals surface area contributed by atoms with E-state index in [9.17, 15) is 9.18 Å². The molecule has 2 atom stereocenters. The second kappa shape index (κ2) is 13.6. The molecule has 3 N–H and O–H groups in total. The fourth-order valence-electron chi connectivity index (χ4n) is 5.85. The first kappa shape index (κ1) is 31.3. The van der Waals surface area contributed by atoms with Crippen LogP contribution in [0, 0.1) is 11.7 Å². The van der Waals surface area contributed by atoms with Crippen molar-refractivity contribution in [2.24, 2.45) is 11.7 Å². The van der Waals surface area contributed by atoms with Gasteiger partial charge in [0.05, 0.1) is 30.0 Å². The Morgan fingerprint density at radius 1 is 1.27 bits per heavy atom. The number of primary amides is 1. The number of hydrogen-bond donors (Lipinski definition) is 2. The van der Waals surface area contributed by atoms with E-state index in [2.05, 4.69) is 35.9 Å². The Hall–Kier alpha value is -4.18. The molecule has 0 saturated heterocycles. The van der Waals surface area contributed by atoms with Crippen molar-refractivity contribution in [2.75, 3.05) is 20.3 Å². The summed E-state index contributed by atoms with van der Waals surface area (Å²) in [6.45, 7) is 5.21. The molecule has 4 aromatic rings. The highest BCUT2D eigenvalue weighted by Crippen LogP contribution is 2.45. The number of rotatable bonds is 9. The lowest BCUT2D eigenvalue weighted by Crippen LogP contribution is -2.34. The molecule has 9 nitrogen and oxygen atoms in total. The molecule has 2 unspecified atom stereocenters. The average molecular weight is 622 g/mol. The number of imidazole rings is 1. The number of hydrogen-bond acceptors (Lipinski definition) is 6. The van der Waals surface area contributed by atoms with E-state index in [0.717, 1.165) is 49.1 Å². The number of fused-ring (bicyclic) bond motifs is 2. The van der Waals surface area contributed by atoms with Gasteiger partial charge in [-0.2, -0.15) is 0 Å². The number of nitrogens with one attached hydrogen (secondary N) is 1. The van der Waals surface area contributed by atoms with Gasteiger partial charge in [-0.3, -0.25) is 9.59 Å². The average Bonchev–Trinajstić information content (AvgIpc) is 3.57. The number of carbonyl (C=O) groups excluding carboxylic acids is 2. The minimum Gasteiger partial charge on any atom is -0.493 e. The lowest BCUT2D eigenvalue weighted by molar-refractivity contribution is -0.106. The van der Waals surface area contributed by atoms with Gasteiger partial charge < -0.3 is 24.9 Å². The van der Waals surface area contributed by atoms with E-state index in [0.29, 0.717) is 53.0 Å².